The van der Waals surface area contributed by atoms with E-state index in [1.807, 2.05) is 56.3 Å². The van der Waals surface area contributed by atoms with E-state index < -0.39 is 0 Å². The van der Waals surface area contributed by atoms with Gasteiger partial charge in [-0.25, -0.2) is 0 Å². The molecule has 178 valence electrons. The number of phenolic OH excluding ortho intramolecular Hbond substituents is 1. The van der Waals surface area contributed by atoms with Crippen LogP contribution in [0.1, 0.15) is 38.3 Å². The first kappa shape index (κ1) is 24.2. The summed E-state index contributed by atoms with van der Waals surface area (Å²) >= 11 is 0. The second-order valence-corrected chi connectivity index (χ2v) is 9.19. The minimum Gasteiger partial charge on any atom is -0.505 e. The molecule has 0 saturated carbocycles. The Bertz CT molecular complexity index is 1490. The van der Waals surface area contributed by atoms with E-state index in [9.17, 15) is 5.11 Å². The quantitative estimate of drug-likeness (QED) is 0.216. The van der Waals surface area contributed by atoms with Crippen LogP contribution in [0.3, 0.4) is 0 Å². The highest BCUT2D eigenvalue weighted by molar-refractivity contribution is 6.22. The van der Waals surface area contributed by atoms with Crippen molar-refractivity contribution in [2.24, 2.45) is 5.92 Å². The minimum atomic E-state index is 0.213. The zero-order valence-corrected chi connectivity index (χ0v) is 21.2. The van der Waals surface area contributed by atoms with Crippen LogP contribution in [0.4, 0.5) is 0 Å². The average Bonchev–Trinajstić information content (AvgIpc) is 3.32. The highest BCUT2D eigenvalue weighted by atomic mass is 16.3. The Balaban J connectivity index is 0.000000277. The maximum absolute atomic E-state index is 10.5. The first-order chi connectivity index (χ1) is 16.8. The Morgan fingerprint density at radius 3 is 1.94 bits per heavy atom. The lowest BCUT2D eigenvalue weighted by Gasteiger charge is -2.07. The minimum absolute atomic E-state index is 0.213. The van der Waals surface area contributed by atoms with Crippen molar-refractivity contribution in [3.63, 3.8) is 0 Å². The number of fused-ring (bicyclic) bond motifs is 6. The number of rotatable bonds is 4. The van der Waals surface area contributed by atoms with Crippen LogP contribution in [0.25, 0.3) is 38.3 Å². The van der Waals surface area contributed by atoms with E-state index in [1.54, 1.807) is 4.80 Å². The van der Waals surface area contributed by atoms with Crippen LogP contribution in [-0.4, -0.2) is 20.1 Å². The molecule has 1 N–H and O–H groups in total. The number of aryl methyl sites for hydroxylation is 2. The Hall–Kier alpha value is -3.92. The maximum Gasteiger partial charge on any atom is 0.146 e. The van der Waals surface area contributed by atoms with Crippen molar-refractivity contribution in [1.29, 1.82) is 0 Å². The zero-order chi connectivity index (χ0) is 25.1. The molecule has 0 aliphatic heterocycles. The van der Waals surface area contributed by atoms with Gasteiger partial charge in [0.05, 0.1) is 0 Å². The lowest BCUT2D eigenvalue weighted by molar-refractivity contribution is 0.463. The summed E-state index contributed by atoms with van der Waals surface area (Å²) in [4.78, 5) is 1.55. The number of phenols is 1. The van der Waals surface area contributed by atoms with Crippen molar-refractivity contribution >= 4 is 32.6 Å². The summed E-state index contributed by atoms with van der Waals surface area (Å²) in [5, 5.41) is 24.5. The molecule has 0 amide bonds. The molecular weight excluding hydrogens is 430 g/mol. The standard InChI is InChI=1S/C22H17N3O.C9H16/c1-13-11-14(2)22(26)19(12-13)25-23-20-17-9-5-3-7-15(17)16-8-4-6-10-18(16)21(20)24-25;1-5-7-9(4)8(3)6-2/h3-12,26H,1-2H3;5-6,9H,1,7H2,2-4H3/b;8-6-. The van der Waals surface area contributed by atoms with Gasteiger partial charge in [0.15, 0.2) is 0 Å². The highest BCUT2D eigenvalue weighted by Gasteiger charge is 2.16. The summed E-state index contributed by atoms with van der Waals surface area (Å²) in [6.45, 7) is 14.0. The molecule has 0 radical (unpaired) electrons. The van der Waals surface area contributed by atoms with Crippen molar-refractivity contribution < 1.29 is 5.11 Å². The largest absolute Gasteiger partial charge is 0.505 e. The summed E-state index contributed by atoms with van der Waals surface area (Å²) < 4.78 is 0. The van der Waals surface area contributed by atoms with Gasteiger partial charge in [-0.3, -0.25) is 0 Å². The molecule has 0 saturated heterocycles. The molecule has 1 heterocycles. The fourth-order valence-corrected chi connectivity index (χ4v) is 4.44. The Labute approximate surface area is 207 Å². The van der Waals surface area contributed by atoms with Gasteiger partial charge in [-0.15, -0.1) is 21.6 Å². The molecular formula is C31H33N3O. The van der Waals surface area contributed by atoms with E-state index in [4.69, 9.17) is 10.2 Å². The topological polar surface area (TPSA) is 50.9 Å². The number of aromatic nitrogens is 3. The molecule has 5 aromatic rings. The molecule has 4 heteroatoms. The lowest BCUT2D eigenvalue weighted by atomic mass is 9.99. The molecule has 1 unspecified atom stereocenters. The molecule has 4 nitrogen and oxygen atoms in total. The molecule has 35 heavy (non-hydrogen) atoms. The van der Waals surface area contributed by atoms with Gasteiger partial charge in [-0.05, 0) is 68.0 Å². The lowest BCUT2D eigenvalue weighted by Crippen LogP contribution is -2.00. The fourth-order valence-electron chi connectivity index (χ4n) is 4.44. The zero-order valence-electron chi connectivity index (χ0n) is 21.2. The van der Waals surface area contributed by atoms with Crippen LogP contribution in [0.5, 0.6) is 5.75 Å². The van der Waals surface area contributed by atoms with Gasteiger partial charge >= 0.3 is 0 Å². The second kappa shape index (κ2) is 10.1. The van der Waals surface area contributed by atoms with E-state index in [1.165, 1.54) is 5.57 Å². The van der Waals surface area contributed by atoms with Crippen molar-refractivity contribution in [2.75, 3.05) is 0 Å². The van der Waals surface area contributed by atoms with Crippen molar-refractivity contribution in [2.45, 2.75) is 41.0 Å². The van der Waals surface area contributed by atoms with Crippen LogP contribution < -0.4 is 0 Å². The number of aromatic hydroxyl groups is 1. The molecule has 0 aliphatic rings. The molecule has 0 spiro atoms. The van der Waals surface area contributed by atoms with Crippen molar-refractivity contribution in [3.8, 4) is 11.4 Å². The normalized spacial score (nSPS) is 12.5. The van der Waals surface area contributed by atoms with E-state index in [2.05, 4.69) is 57.7 Å². The number of benzene rings is 4. The molecule has 4 aromatic carbocycles. The molecule has 1 aromatic heterocycles. The third-order valence-corrected chi connectivity index (χ3v) is 6.66. The summed E-state index contributed by atoms with van der Waals surface area (Å²) in [6, 6.07) is 20.4. The van der Waals surface area contributed by atoms with Crippen LogP contribution in [0, 0.1) is 19.8 Å². The molecule has 0 bridgehead atoms. The second-order valence-electron chi connectivity index (χ2n) is 9.19. The van der Waals surface area contributed by atoms with Gasteiger partial charge in [-0.1, -0.05) is 79.2 Å². The predicted molar refractivity (Wildman–Crippen MR) is 148 cm³/mol. The fraction of sp³-hybridized carbons (Fsp3) is 0.226. The first-order valence-corrected chi connectivity index (χ1v) is 12.1. The summed E-state index contributed by atoms with van der Waals surface area (Å²) in [5.74, 6) is 0.886. The number of hydrogen-bond donors (Lipinski definition) is 1. The SMILES string of the molecule is C=CCC(C)/C(C)=C\C.Cc1cc(C)c(O)c(-n2nc3c4ccccc4c4ccccc4c3n2)c1. The Morgan fingerprint density at radius 1 is 0.943 bits per heavy atom. The average molecular weight is 464 g/mol. The van der Waals surface area contributed by atoms with E-state index in [0.29, 0.717) is 11.6 Å². The highest BCUT2D eigenvalue weighted by Crippen LogP contribution is 2.34. The van der Waals surface area contributed by atoms with E-state index in [0.717, 1.165) is 50.1 Å². The van der Waals surface area contributed by atoms with Gasteiger partial charge < -0.3 is 5.11 Å². The summed E-state index contributed by atoms with van der Waals surface area (Å²) in [7, 11) is 0. The summed E-state index contributed by atoms with van der Waals surface area (Å²) in [5.41, 5.74) is 5.62. The van der Waals surface area contributed by atoms with Gasteiger partial charge in [-0.2, -0.15) is 0 Å². The van der Waals surface area contributed by atoms with Crippen LogP contribution in [-0.2, 0) is 0 Å². The van der Waals surface area contributed by atoms with Crippen LogP contribution >= 0.6 is 0 Å². The van der Waals surface area contributed by atoms with Crippen LogP contribution in [0.15, 0.2) is 85.0 Å². The molecule has 1 atom stereocenters. The predicted octanol–water partition coefficient (Wildman–Crippen LogP) is 8.21. The third kappa shape index (κ3) is 4.69. The molecule has 0 aliphatic carbocycles. The van der Waals surface area contributed by atoms with Gasteiger partial charge in [0.25, 0.3) is 0 Å². The van der Waals surface area contributed by atoms with E-state index in [-0.39, 0.29) is 5.75 Å². The molecule has 0 fully saturated rings. The summed E-state index contributed by atoms with van der Waals surface area (Å²) in [6.07, 6.45) is 5.22. The number of nitrogens with zero attached hydrogens (tertiary/aromatic N) is 3. The first-order valence-electron chi connectivity index (χ1n) is 12.1. The monoisotopic (exact) mass is 463 g/mol. The smallest absolute Gasteiger partial charge is 0.146 e. The maximum atomic E-state index is 10.5. The third-order valence-electron chi connectivity index (χ3n) is 6.66. The number of hydrogen-bond acceptors (Lipinski definition) is 3. The van der Waals surface area contributed by atoms with Gasteiger partial charge in [0, 0.05) is 10.8 Å². The van der Waals surface area contributed by atoms with Gasteiger partial charge in [0.1, 0.15) is 22.5 Å². The Morgan fingerprint density at radius 2 is 1.46 bits per heavy atom. The van der Waals surface area contributed by atoms with Crippen LogP contribution in [0.2, 0.25) is 0 Å². The van der Waals surface area contributed by atoms with Crippen molar-refractivity contribution in [1.82, 2.24) is 15.0 Å². The van der Waals surface area contributed by atoms with Gasteiger partial charge in [0.2, 0.25) is 0 Å². The van der Waals surface area contributed by atoms with Crippen molar-refractivity contribution in [3.05, 3.63) is 96.1 Å². The number of allylic oxidation sites excluding steroid dienone is 3. The molecule has 5 rings (SSSR count). The van der Waals surface area contributed by atoms with E-state index >= 15 is 0 Å². The Kier molecular flexibility index (Phi) is 7.02.